The maximum absolute atomic E-state index is 12.5. The number of amides is 1. The fourth-order valence-electron chi connectivity index (χ4n) is 3.34. The molecule has 1 N–H and O–H groups in total. The first-order valence-electron chi connectivity index (χ1n) is 8.80. The Morgan fingerprint density at radius 1 is 1.21 bits per heavy atom. The maximum Gasteiger partial charge on any atom is 0.222 e. The van der Waals surface area contributed by atoms with Gasteiger partial charge in [-0.2, -0.15) is 5.10 Å². The van der Waals surface area contributed by atoms with E-state index in [1.165, 1.54) is 16.8 Å². The van der Waals surface area contributed by atoms with Gasteiger partial charge in [0.1, 0.15) is 0 Å². The van der Waals surface area contributed by atoms with Crippen LogP contribution >= 0.6 is 0 Å². The van der Waals surface area contributed by atoms with Crippen LogP contribution in [0.3, 0.4) is 0 Å². The highest BCUT2D eigenvalue weighted by molar-refractivity contribution is 5.76. The zero-order chi connectivity index (χ0) is 16.8. The van der Waals surface area contributed by atoms with Gasteiger partial charge in [-0.3, -0.25) is 9.89 Å². The molecule has 1 aliphatic heterocycles. The first-order chi connectivity index (χ1) is 11.7. The molecule has 5 nitrogen and oxygen atoms in total. The standard InChI is InChI=1S/C19H26N4O/c1-16-6-2-3-8-18(16)22-10-5-11-23(13-12-22)19(24)9-4-7-17-14-20-21-15-17/h2-3,6,8,14-15H,4-5,7,9-13H2,1H3,(H,20,21). The number of carbonyl (C=O) groups excluding carboxylic acids is 1. The first kappa shape index (κ1) is 16.6. The van der Waals surface area contributed by atoms with Crippen LogP contribution in [-0.4, -0.2) is 47.2 Å². The summed E-state index contributed by atoms with van der Waals surface area (Å²) < 4.78 is 0. The van der Waals surface area contributed by atoms with E-state index in [9.17, 15) is 4.79 Å². The van der Waals surface area contributed by atoms with Gasteiger partial charge in [0, 0.05) is 44.5 Å². The zero-order valence-corrected chi connectivity index (χ0v) is 14.4. The monoisotopic (exact) mass is 326 g/mol. The van der Waals surface area contributed by atoms with Crippen molar-refractivity contribution in [3.05, 3.63) is 47.8 Å². The van der Waals surface area contributed by atoms with Crippen molar-refractivity contribution in [3.8, 4) is 0 Å². The highest BCUT2D eigenvalue weighted by atomic mass is 16.2. The van der Waals surface area contributed by atoms with E-state index in [2.05, 4.69) is 46.3 Å². The predicted octanol–water partition coefficient (Wildman–Crippen LogP) is 2.78. The molecule has 24 heavy (non-hydrogen) atoms. The summed E-state index contributed by atoms with van der Waals surface area (Å²) in [6.07, 6.45) is 7.17. The molecule has 1 fully saturated rings. The molecule has 1 amide bonds. The molecule has 5 heteroatoms. The van der Waals surface area contributed by atoms with Gasteiger partial charge in [0.05, 0.1) is 6.20 Å². The van der Waals surface area contributed by atoms with Crippen LogP contribution in [0.5, 0.6) is 0 Å². The Hall–Kier alpha value is -2.30. The molecule has 3 rings (SSSR count). The fraction of sp³-hybridized carbons (Fsp3) is 0.474. The lowest BCUT2D eigenvalue weighted by molar-refractivity contribution is -0.131. The summed E-state index contributed by atoms with van der Waals surface area (Å²) in [5.41, 5.74) is 3.77. The Morgan fingerprint density at radius 3 is 2.88 bits per heavy atom. The summed E-state index contributed by atoms with van der Waals surface area (Å²) in [6, 6.07) is 8.50. The number of benzene rings is 1. The minimum Gasteiger partial charge on any atom is -0.369 e. The Kier molecular flexibility index (Phi) is 5.51. The molecular formula is C19H26N4O. The van der Waals surface area contributed by atoms with Gasteiger partial charge in [-0.05, 0) is 43.4 Å². The number of nitrogens with one attached hydrogen (secondary N) is 1. The molecule has 0 unspecified atom stereocenters. The second-order valence-electron chi connectivity index (χ2n) is 6.47. The SMILES string of the molecule is Cc1ccccc1N1CCCN(C(=O)CCCc2cn[nH]c2)CC1. The first-order valence-corrected chi connectivity index (χ1v) is 8.80. The van der Waals surface area contributed by atoms with Gasteiger partial charge in [0.25, 0.3) is 0 Å². The van der Waals surface area contributed by atoms with Crippen molar-refractivity contribution in [2.24, 2.45) is 0 Å². The van der Waals surface area contributed by atoms with Crippen molar-refractivity contribution in [2.75, 3.05) is 31.1 Å². The third-order valence-corrected chi connectivity index (χ3v) is 4.72. The summed E-state index contributed by atoms with van der Waals surface area (Å²) in [7, 11) is 0. The summed E-state index contributed by atoms with van der Waals surface area (Å²) >= 11 is 0. The molecule has 0 radical (unpaired) electrons. The van der Waals surface area contributed by atoms with Gasteiger partial charge in [-0.1, -0.05) is 18.2 Å². The molecule has 0 spiro atoms. The van der Waals surface area contributed by atoms with E-state index >= 15 is 0 Å². The Balaban J connectivity index is 1.49. The van der Waals surface area contributed by atoms with E-state index in [-0.39, 0.29) is 5.91 Å². The van der Waals surface area contributed by atoms with Crippen molar-refractivity contribution < 1.29 is 4.79 Å². The summed E-state index contributed by atoms with van der Waals surface area (Å²) in [5, 5.41) is 6.75. The van der Waals surface area contributed by atoms with Crippen molar-refractivity contribution in [3.63, 3.8) is 0 Å². The van der Waals surface area contributed by atoms with Crippen LogP contribution in [0, 0.1) is 6.92 Å². The lowest BCUT2D eigenvalue weighted by atomic mass is 10.1. The normalized spacial score (nSPS) is 15.4. The summed E-state index contributed by atoms with van der Waals surface area (Å²) in [5.74, 6) is 0.283. The van der Waals surface area contributed by atoms with Crippen LogP contribution in [-0.2, 0) is 11.2 Å². The largest absolute Gasteiger partial charge is 0.369 e. The average molecular weight is 326 g/mol. The Morgan fingerprint density at radius 2 is 2.08 bits per heavy atom. The molecule has 1 aliphatic rings. The van der Waals surface area contributed by atoms with E-state index in [1.807, 2.05) is 17.3 Å². The topological polar surface area (TPSA) is 52.2 Å². The highest BCUT2D eigenvalue weighted by Gasteiger charge is 2.19. The summed E-state index contributed by atoms with van der Waals surface area (Å²) in [6.45, 7) is 5.77. The average Bonchev–Trinajstić information content (AvgIpc) is 2.98. The lowest BCUT2D eigenvalue weighted by Crippen LogP contribution is -2.35. The smallest absolute Gasteiger partial charge is 0.222 e. The summed E-state index contributed by atoms with van der Waals surface area (Å²) in [4.78, 5) is 16.9. The second-order valence-corrected chi connectivity index (χ2v) is 6.47. The molecule has 2 heterocycles. The quantitative estimate of drug-likeness (QED) is 0.919. The van der Waals surface area contributed by atoms with Crippen LogP contribution in [0.2, 0.25) is 0 Å². The number of carbonyl (C=O) groups is 1. The molecule has 0 saturated carbocycles. The number of H-pyrrole nitrogens is 1. The highest BCUT2D eigenvalue weighted by Crippen LogP contribution is 2.21. The zero-order valence-electron chi connectivity index (χ0n) is 14.4. The molecular weight excluding hydrogens is 300 g/mol. The maximum atomic E-state index is 12.5. The van der Waals surface area contributed by atoms with Crippen molar-refractivity contribution in [1.82, 2.24) is 15.1 Å². The second kappa shape index (κ2) is 7.99. The van der Waals surface area contributed by atoms with Gasteiger partial charge in [-0.25, -0.2) is 0 Å². The van der Waals surface area contributed by atoms with Gasteiger partial charge in [-0.15, -0.1) is 0 Å². The number of aryl methyl sites for hydroxylation is 2. The van der Waals surface area contributed by atoms with Crippen LogP contribution in [0.25, 0.3) is 0 Å². The molecule has 128 valence electrons. The molecule has 1 aromatic heterocycles. The number of rotatable bonds is 5. The van der Waals surface area contributed by atoms with Crippen molar-refractivity contribution in [2.45, 2.75) is 32.6 Å². The minimum atomic E-state index is 0.283. The Labute approximate surface area is 143 Å². The number of nitrogens with zero attached hydrogens (tertiary/aromatic N) is 3. The predicted molar refractivity (Wildman–Crippen MR) is 96.1 cm³/mol. The number of anilines is 1. The minimum absolute atomic E-state index is 0.283. The van der Waals surface area contributed by atoms with E-state index in [1.54, 1.807) is 0 Å². The van der Waals surface area contributed by atoms with Crippen LogP contribution in [0.1, 0.15) is 30.4 Å². The molecule has 0 bridgehead atoms. The van der Waals surface area contributed by atoms with Gasteiger partial charge in [0.2, 0.25) is 5.91 Å². The van der Waals surface area contributed by atoms with E-state index in [4.69, 9.17) is 0 Å². The third kappa shape index (κ3) is 4.16. The van der Waals surface area contributed by atoms with Crippen LogP contribution in [0.15, 0.2) is 36.7 Å². The van der Waals surface area contributed by atoms with Crippen LogP contribution in [0.4, 0.5) is 5.69 Å². The van der Waals surface area contributed by atoms with Crippen molar-refractivity contribution >= 4 is 11.6 Å². The van der Waals surface area contributed by atoms with Gasteiger partial charge >= 0.3 is 0 Å². The van der Waals surface area contributed by atoms with E-state index < -0.39 is 0 Å². The number of aromatic amines is 1. The third-order valence-electron chi connectivity index (χ3n) is 4.72. The Bertz CT molecular complexity index is 653. The lowest BCUT2D eigenvalue weighted by Gasteiger charge is -2.25. The van der Waals surface area contributed by atoms with E-state index in [0.29, 0.717) is 6.42 Å². The number of aromatic nitrogens is 2. The number of hydrogen-bond acceptors (Lipinski definition) is 3. The van der Waals surface area contributed by atoms with Crippen LogP contribution < -0.4 is 4.90 Å². The molecule has 1 saturated heterocycles. The van der Waals surface area contributed by atoms with Gasteiger partial charge in [0.15, 0.2) is 0 Å². The molecule has 0 aliphatic carbocycles. The fourth-order valence-corrected chi connectivity index (χ4v) is 3.34. The van der Waals surface area contributed by atoms with Gasteiger partial charge < -0.3 is 9.80 Å². The van der Waals surface area contributed by atoms with E-state index in [0.717, 1.165) is 45.4 Å². The number of para-hydroxylation sites is 1. The van der Waals surface area contributed by atoms with Crippen molar-refractivity contribution in [1.29, 1.82) is 0 Å². The molecule has 0 atom stereocenters. The number of hydrogen-bond donors (Lipinski definition) is 1. The molecule has 2 aromatic rings. The molecule has 1 aromatic carbocycles.